The zero-order valence-electron chi connectivity index (χ0n) is 12.6. The number of methoxy groups -OCH3 is 1. The molecule has 0 unspecified atom stereocenters. The van der Waals surface area contributed by atoms with E-state index >= 15 is 0 Å². The monoisotopic (exact) mass is 363 g/mol. The largest absolute Gasteiger partial charge is 0.496 e. The summed E-state index contributed by atoms with van der Waals surface area (Å²) in [5, 5.41) is 0.690. The van der Waals surface area contributed by atoms with Crippen LogP contribution >= 0.6 is 34.7 Å². The number of carbonyl (C=O) groups excluding carboxylic acids is 1. The van der Waals surface area contributed by atoms with Gasteiger partial charge in [-0.1, -0.05) is 23.4 Å². The first-order valence-corrected chi connectivity index (χ1v) is 9.11. The van der Waals surface area contributed by atoms with Gasteiger partial charge in [0.05, 0.1) is 17.3 Å². The van der Waals surface area contributed by atoms with Crippen molar-refractivity contribution in [3.05, 3.63) is 52.5 Å². The molecule has 2 aromatic carbocycles. The van der Waals surface area contributed by atoms with Crippen LogP contribution < -0.4 is 4.74 Å². The number of carbonyl (C=O) groups is 1. The van der Waals surface area contributed by atoms with Gasteiger partial charge in [-0.25, -0.2) is 4.98 Å². The van der Waals surface area contributed by atoms with Crippen LogP contribution in [0.4, 0.5) is 0 Å². The van der Waals surface area contributed by atoms with Crippen LogP contribution in [0.1, 0.15) is 22.8 Å². The third kappa shape index (κ3) is 3.68. The Bertz CT molecular complexity index is 876. The number of rotatable bonds is 5. The number of hydrogen-bond donors (Lipinski definition) is 0. The molecule has 0 aliphatic heterocycles. The summed E-state index contributed by atoms with van der Waals surface area (Å²) in [6.07, 6.45) is 0. The number of hydrogen-bond acceptors (Lipinski definition) is 5. The maximum absolute atomic E-state index is 11.6. The first kappa shape index (κ1) is 16.3. The summed E-state index contributed by atoms with van der Waals surface area (Å²) < 4.78 is 7.47. The molecule has 0 fully saturated rings. The van der Waals surface area contributed by atoms with Crippen molar-refractivity contribution in [1.82, 2.24) is 4.98 Å². The van der Waals surface area contributed by atoms with E-state index in [0.717, 1.165) is 25.9 Å². The van der Waals surface area contributed by atoms with Gasteiger partial charge in [-0.3, -0.25) is 4.79 Å². The van der Waals surface area contributed by atoms with Gasteiger partial charge in [0.15, 0.2) is 10.1 Å². The zero-order valence-corrected chi connectivity index (χ0v) is 15.0. The number of thioether (sulfide) groups is 1. The summed E-state index contributed by atoms with van der Waals surface area (Å²) in [6, 6.07) is 11.2. The summed E-state index contributed by atoms with van der Waals surface area (Å²) in [7, 11) is 1.64. The summed E-state index contributed by atoms with van der Waals surface area (Å²) in [5.41, 5.74) is 2.59. The lowest BCUT2D eigenvalue weighted by molar-refractivity contribution is 0.101. The van der Waals surface area contributed by atoms with E-state index in [-0.39, 0.29) is 5.78 Å². The highest BCUT2D eigenvalue weighted by molar-refractivity contribution is 8.00. The van der Waals surface area contributed by atoms with Gasteiger partial charge >= 0.3 is 0 Å². The normalized spacial score (nSPS) is 10.9. The Labute approximate surface area is 147 Å². The highest BCUT2D eigenvalue weighted by Gasteiger charge is 2.10. The van der Waals surface area contributed by atoms with Crippen LogP contribution in [-0.2, 0) is 5.75 Å². The standard InChI is InChI=1S/C17H14ClNO2S2/c1-10(20)11-3-5-15(21-2)12(7-11)9-22-17-19-14-8-13(18)4-6-16(14)23-17/h3-8H,9H2,1-2H3. The van der Waals surface area contributed by atoms with Crippen molar-refractivity contribution in [2.45, 2.75) is 17.0 Å². The van der Waals surface area contributed by atoms with Gasteiger partial charge < -0.3 is 4.74 Å². The highest BCUT2D eigenvalue weighted by Crippen LogP contribution is 2.34. The Hall–Kier alpha value is -1.56. The molecule has 6 heteroatoms. The number of nitrogens with zero attached hydrogens (tertiary/aromatic N) is 1. The van der Waals surface area contributed by atoms with Crippen molar-refractivity contribution in [1.29, 1.82) is 0 Å². The maximum atomic E-state index is 11.6. The van der Waals surface area contributed by atoms with Crippen molar-refractivity contribution in [3.63, 3.8) is 0 Å². The lowest BCUT2D eigenvalue weighted by Gasteiger charge is -2.08. The summed E-state index contributed by atoms with van der Waals surface area (Å²) in [4.78, 5) is 16.1. The van der Waals surface area contributed by atoms with Crippen LogP contribution in [0.25, 0.3) is 10.2 Å². The number of ketones is 1. The minimum atomic E-state index is 0.0496. The molecule has 23 heavy (non-hydrogen) atoms. The molecule has 0 radical (unpaired) electrons. The Morgan fingerprint density at radius 1 is 1.30 bits per heavy atom. The number of ether oxygens (including phenoxy) is 1. The molecule has 0 amide bonds. The minimum absolute atomic E-state index is 0.0496. The van der Waals surface area contributed by atoms with E-state index in [4.69, 9.17) is 16.3 Å². The number of halogens is 1. The fraction of sp³-hybridized carbons (Fsp3) is 0.176. The van der Waals surface area contributed by atoms with E-state index < -0.39 is 0 Å². The van der Waals surface area contributed by atoms with Crippen molar-refractivity contribution in [2.75, 3.05) is 7.11 Å². The Morgan fingerprint density at radius 3 is 2.87 bits per heavy atom. The third-order valence-corrected chi connectivity index (χ3v) is 5.83. The van der Waals surface area contributed by atoms with Crippen LogP contribution in [0, 0.1) is 0 Å². The molecule has 0 saturated carbocycles. The van der Waals surface area contributed by atoms with Crippen LogP contribution in [0.3, 0.4) is 0 Å². The minimum Gasteiger partial charge on any atom is -0.496 e. The molecule has 0 saturated heterocycles. The molecule has 3 rings (SSSR count). The lowest BCUT2D eigenvalue weighted by atomic mass is 10.1. The average Bonchev–Trinajstić information content (AvgIpc) is 2.94. The highest BCUT2D eigenvalue weighted by atomic mass is 35.5. The molecular weight excluding hydrogens is 350 g/mol. The molecule has 118 valence electrons. The quantitative estimate of drug-likeness (QED) is 0.446. The van der Waals surface area contributed by atoms with Gasteiger partial charge in [-0.05, 0) is 43.3 Å². The van der Waals surface area contributed by atoms with Crippen molar-refractivity contribution >= 4 is 50.7 Å². The zero-order chi connectivity index (χ0) is 16.4. The average molecular weight is 364 g/mol. The molecular formula is C17H14ClNO2S2. The first-order valence-electron chi connectivity index (χ1n) is 6.93. The summed E-state index contributed by atoms with van der Waals surface area (Å²) in [5.74, 6) is 1.53. The van der Waals surface area contributed by atoms with Gasteiger partial charge in [0.1, 0.15) is 5.75 Å². The van der Waals surface area contributed by atoms with Gasteiger partial charge in [-0.15, -0.1) is 11.3 Å². The second kappa shape index (κ2) is 6.91. The fourth-order valence-corrected chi connectivity index (χ4v) is 4.38. The molecule has 3 aromatic rings. The number of benzene rings is 2. The van der Waals surface area contributed by atoms with Crippen molar-refractivity contribution < 1.29 is 9.53 Å². The third-order valence-electron chi connectivity index (χ3n) is 3.37. The molecule has 3 nitrogen and oxygen atoms in total. The van der Waals surface area contributed by atoms with Crippen LogP contribution in [0.15, 0.2) is 40.7 Å². The van der Waals surface area contributed by atoms with Crippen LogP contribution in [0.2, 0.25) is 5.02 Å². The maximum Gasteiger partial charge on any atom is 0.159 e. The van der Waals surface area contributed by atoms with Crippen LogP contribution in [0.5, 0.6) is 5.75 Å². The van der Waals surface area contributed by atoms with E-state index in [1.54, 1.807) is 43.2 Å². The molecule has 0 aliphatic carbocycles. The van der Waals surface area contributed by atoms with Gasteiger partial charge in [0, 0.05) is 21.9 Å². The van der Waals surface area contributed by atoms with Crippen molar-refractivity contribution in [3.8, 4) is 5.75 Å². The number of aromatic nitrogens is 1. The Morgan fingerprint density at radius 2 is 2.13 bits per heavy atom. The number of thiazole rings is 1. The predicted octanol–water partition coefficient (Wildman–Crippen LogP) is 5.45. The molecule has 0 N–H and O–H groups in total. The van der Waals surface area contributed by atoms with Gasteiger partial charge in [-0.2, -0.15) is 0 Å². The van der Waals surface area contributed by atoms with E-state index in [9.17, 15) is 4.79 Å². The van der Waals surface area contributed by atoms with Gasteiger partial charge in [0.25, 0.3) is 0 Å². The van der Waals surface area contributed by atoms with E-state index in [2.05, 4.69) is 4.98 Å². The number of Topliss-reactive ketones (excluding diaryl/α,β-unsaturated/α-hetero) is 1. The Kier molecular flexibility index (Phi) is 4.90. The topological polar surface area (TPSA) is 39.2 Å². The van der Waals surface area contributed by atoms with E-state index in [1.165, 1.54) is 0 Å². The SMILES string of the molecule is COc1ccc(C(C)=O)cc1CSc1nc2cc(Cl)ccc2s1. The summed E-state index contributed by atoms with van der Waals surface area (Å²) >= 11 is 9.26. The molecule has 0 atom stereocenters. The smallest absolute Gasteiger partial charge is 0.159 e. The van der Waals surface area contributed by atoms with E-state index in [0.29, 0.717) is 16.3 Å². The lowest BCUT2D eigenvalue weighted by Crippen LogP contribution is -1.96. The first-order chi connectivity index (χ1) is 11.1. The van der Waals surface area contributed by atoms with Gasteiger partial charge in [0.2, 0.25) is 0 Å². The molecule has 1 aromatic heterocycles. The van der Waals surface area contributed by atoms with Crippen molar-refractivity contribution in [2.24, 2.45) is 0 Å². The second-order valence-corrected chi connectivity index (χ2v) is 7.65. The second-order valence-electron chi connectivity index (χ2n) is 4.96. The number of fused-ring (bicyclic) bond motifs is 1. The molecule has 1 heterocycles. The predicted molar refractivity (Wildman–Crippen MR) is 97.2 cm³/mol. The Balaban J connectivity index is 1.83. The molecule has 0 aliphatic rings. The fourth-order valence-electron chi connectivity index (χ4n) is 2.19. The molecule has 0 bridgehead atoms. The molecule has 0 spiro atoms. The van der Waals surface area contributed by atoms with E-state index in [1.807, 2.05) is 30.3 Å². The van der Waals surface area contributed by atoms with Crippen LogP contribution in [-0.4, -0.2) is 17.9 Å². The summed E-state index contributed by atoms with van der Waals surface area (Å²) in [6.45, 7) is 1.57.